The molecule has 20 heavy (non-hydrogen) atoms. The van der Waals surface area contributed by atoms with Crippen LogP contribution in [-0.4, -0.2) is 30.8 Å². The standard InChI is InChI=1S/C14H18N2O4/c1-19-13-8-10(4-5-12(13)16(17)18)15-11-6-7-20-14(11)9-2-3-9/h4-5,8-9,11,14-15H,2-3,6-7H2,1H3. The second kappa shape index (κ2) is 5.28. The number of nitrogens with zero attached hydrogens (tertiary/aromatic N) is 1. The highest BCUT2D eigenvalue weighted by Gasteiger charge is 2.40. The lowest BCUT2D eigenvalue weighted by Crippen LogP contribution is -2.30. The van der Waals surface area contributed by atoms with Crippen molar-refractivity contribution < 1.29 is 14.4 Å². The Hall–Kier alpha value is -1.82. The number of rotatable bonds is 5. The van der Waals surface area contributed by atoms with Gasteiger partial charge in [-0.15, -0.1) is 0 Å². The molecule has 0 spiro atoms. The second-order valence-corrected chi connectivity index (χ2v) is 5.36. The second-order valence-electron chi connectivity index (χ2n) is 5.36. The van der Waals surface area contributed by atoms with Gasteiger partial charge in [-0.3, -0.25) is 10.1 Å². The molecule has 1 aromatic carbocycles. The quantitative estimate of drug-likeness (QED) is 0.662. The number of benzene rings is 1. The van der Waals surface area contributed by atoms with Gasteiger partial charge in [-0.05, 0) is 31.2 Å². The van der Waals surface area contributed by atoms with E-state index in [9.17, 15) is 10.1 Å². The van der Waals surface area contributed by atoms with Crippen molar-refractivity contribution in [3.8, 4) is 5.75 Å². The van der Waals surface area contributed by atoms with Gasteiger partial charge in [0.1, 0.15) is 0 Å². The number of ether oxygens (including phenoxy) is 2. The van der Waals surface area contributed by atoms with E-state index in [2.05, 4.69) is 5.32 Å². The van der Waals surface area contributed by atoms with Crippen molar-refractivity contribution in [1.29, 1.82) is 0 Å². The Morgan fingerprint density at radius 1 is 1.40 bits per heavy atom. The summed E-state index contributed by atoms with van der Waals surface area (Å²) >= 11 is 0. The molecule has 6 nitrogen and oxygen atoms in total. The molecule has 6 heteroatoms. The van der Waals surface area contributed by atoms with Gasteiger partial charge >= 0.3 is 5.69 Å². The Kier molecular flexibility index (Phi) is 3.48. The monoisotopic (exact) mass is 278 g/mol. The molecule has 0 bridgehead atoms. The molecule has 2 fully saturated rings. The first-order chi connectivity index (χ1) is 9.69. The molecule has 0 radical (unpaired) electrons. The van der Waals surface area contributed by atoms with E-state index in [1.807, 2.05) is 0 Å². The molecule has 1 saturated carbocycles. The van der Waals surface area contributed by atoms with E-state index in [1.54, 1.807) is 12.1 Å². The summed E-state index contributed by atoms with van der Waals surface area (Å²) in [6.07, 6.45) is 3.73. The van der Waals surface area contributed by atoms with Crippen LogP contribution in [0.15, 0.2) is 18.2 Å². The molecule has 2 atom stereocenters. The van der Waals surface area contributed by atoms with E-state index in [1.165, 1.54) is 26.0 Å². The van der Waals surface area contributed by atoms with Crippen LogP contribution in [0.1, 0.15) is 19.3 Å². The van der Waals surface area contributed by atoms with Gasteiger partial charge in [0.2, 0.25) is 0 Å². The Morgan fingerprint density at radius 3 is 2.85 bits per heavy atom. The topological polar surface area (TPSA) is 73.6 Å². The third-order valence-electron chi connectivity index (χ3n) is 3.95. The molecule has 1 aliphatic heterocycles. The molecule has 2 unspecified atom stereocenters. The molecule has 1 N–H and O–H groups in total. The van der Waals surface area contributed by atoms with Crippen LogP contribution < -0.4 is 10.1 Å². The third kappa shape index (κ3) is 2.56. The van der Waals surface area contributed by atoms with Gasteiger partial charge in [-0.2, -0.15) is 0 Å². The zero-order valence-electron chi connectivity index (χ0n) is 11.4. The van der Waals surface area contributed by atoms with Crippen LogP contribution >= 0.6 is 0 Å². The Bertz CT molecular complexity index is 516. The number of anilines is 1. The van der Waals surface area contributed by atoms with Crippen molar-refractivity contribution in [2.24, 2.45) is 5.92 Å². The molecule has 3 rings (SSSR count). The SMILES string of the molecule is COc1cc(NC2CCOC2C2CC2)ccc1[N+](=O)[O-]. The van der Waals surface area contributed by atoms with Crippen LogP contribution in [0.5, 0.6) is 5.75 Å². The normalized spacial score (nSPS) is 25.4. The summed E-state index contributed by atoms with van der Waals surface area (Å²) in [6, 6.07) is 5.17. The fraction of sp³-hybridized carbons (Fsp3) is 0.571. The number of hydrogen-bond acceptors (Lipinski definition) is 5. The van der Waals surface area contributed by atoms with Crippen LogP contribution in [0.4, 0.5) is 11.4 Å². The number of hydrogen-bond donors (Lipinski definition) is 1. The minimum Gasteiger partial charge on any atom is -0.490 e. The molecule has 0 amide bonds. The first kappa shape index (κ1) is 13.2. The van der Waals surface area contributed by atoms with E-state index in [0.29, 0.717) is 5.92 Å². The van der Waals surface area contributed by atoms with Crippen molar-refractivity contribution >= 4 is 11.4 Å². The van der Waals surface area contributed by atoms with Gasteiger partial charge in [-0.1, -0.05) is 0 Å². The molecular weight excluding hydrogens is 260 g/mol. The van der Waals surface area contributed by atoms with E-state index in [0.717, 1.165) is 18.7 Å². The number of nitrogens with one attached hydrogen (secondary N) is 1. The smallest absolute Gasteiger partial charge is 0.311 e. The van der Waals surface area contributed by atoms with Gasteiger partial charge in [0.15, 0.2) is 5.75 Å². The first-order valence-electron chi connectivity index (χ1n) is 6.89. The predicted octanol–water partition coefficient (Wildman–Crippen LogP) is 2.58. The average Bonchev–Trinajstić information content (AvgIpc) is 3.19. The minimum atomic E-state index is -0.436. The predicted molar refractivity (Wildman–Crippen MR) is 74.1 cm³/mol. The molecule has 108 valence electrons. The van der Waals surface area contributed by atoms with E-state index < -0.39 is 4.92 Å². The van der Waals surface area contributed by atoms with Crippen molar-refractivity contribution in [3.05, 3.63) is 28.3 Å². The first-order valence-corrected chi connectivity index (χ1v) is 6.89. The van der Waals surface area contributed by atoms with Crippen LogP contribution in [0.25, 0.3) is 0 Å². The van der Waals surface area contributed by atoms with Crippen molar-refractivity contribution in [1.82, 2.24) is 0 Å². The Balaban J connectivity index is 1.75. The maximum atomic E-state index is 10.9. The zero-order valence-corrected chi connectivity index (χ0v) is 11.4. The molecule has 0 aromatic heterocycles. The van der Waals surface area contributed by atoms with Gasteiger partial charge in [0.05, 0.1) is 24.2 Å². The average molecular weight is 278 g/mol. The van der Waals surface area contributed by atoms with Crippen molar-refractivity contribution in [3.63, 3.8) is 0 Å². The summed E-state index contributed by atoms with van der Waals surface area (Å²) in [5.41, 5.74) is 0.827. The maximum absolute atomic E-state index is 10.9. The van der Waals surface area contributed by atoms with Gasteiger partial charge in [0.25, 0.3) is 0 Å². The van der Waals surface area contributed by atoms with Crippen LogP contribution in [0, 0.1) is 16.0 Å². The van der Waals surface area contributed by atoms with E-state index in [4.69, 9.17) is 9.47 Å². The van der Waals surface area contributed by atoms with E-state index in [-0.39, 0.29) is 23.6 Å². The maximum Gasteiger partial charge on any atom is 0.311 e. The summed E-state index contributed by atoms with van der Waals surface area (Å²) < 4.78 is 10.9. The summed E-state index contributed by atoms with van der Waals surface area (Å²) in [7, 11) is 1.44. The lowest BCUT2D eigenvalue weighted by atomic mass is 10.1. The lowest BCUT2D eigenvalue weighted by molar-refractivity contribution is -0.385. The number of nitro benzene ring substituents is 1. The van der Waals surface area contributed by atoms with Gasteiger partial charge in [-0.25, -0.2) is 0 Å². The molecule has 2 aliphatic rings. The van der Waals surface area contributed by atoms with Gasteiger partial charge < -0.3 is 14.8 Å². The molecule has 1 aliphatic carbocycles. The number of methoxy groups -OCH3 is 1. The Morgan fingerprint density at radius 2 is 2.20 bits per heavy atom. The fourth-order valence-electron chi connectivity index (χ4n) is 2.79. The largest absolute Gasteiger partial charge is 0.490 e. The zero-order chi connectivity index (χ0) is 14.1. The highest BCUT2D eigenvalue weighted by atomic mass is 16.6. The lowest BCUT2D eigenvalue weighted by Gasteiger charge is -2.20. The van der Waals surface area contributed by atoms with Crippen LogP contribution in [0.3, 0.4) is 0 Å². The van der Waals surface area contributed by atoms with Crippen molar-refractivity contribution in [2.75, 3.05) is 19.0 Å². The highest BCUT2D eigenvalue weighted by molar-refractivity contribution is 5.58. The summed E-state index contributed by atoms with van der Waals surface area (Å²) in [4.78, 5) is 10.4. The minimum absolute atomic E-state index is 0.0144. The molecular formula is C14H18N2O4. The Labute approximate surface area is 117 Å². The summed E-state index contributed by atoms with van der Waals surface area (Å²) in [6.45, 7) is 0.781. The third-order valence-corrected chi connectivity index (χ3v) is 3.95. The molecule has 1 saturated heterocycles. The molecule has 1 aromatic rings. The van der Waals surface area contributed by atoms with Crippen molar-refractivity contribution in [2.45, 2.75) is 31.4 Å². The van der Waals surface area contributed by atoms with Crippen LogP contribution in [-0.2, 0) is 4.74 Å². The molecule has 1 heterocycles. The summed E-state index contributed by atoms with van der Waals surface area (Å²) in [5, 5.41) is 14.3. The summed E-state index contributed by atoms with van der Waals surface area (Å²) in [5.74, 6) is 0.955. The van der Waals surface area contributed by atoms with Gasteiger partial charge in [0, 0.05) is 24.4 Å². The van der Waals surface area contributed by atoms with E-state index >= 15 is 0 Å². The fourth-order valence-corrected chi connectivity index (χ4v) is 2.79. The number of nitro groups is 1. The van der Waals surface area contributed by atoms with Crippen LogP contribution in [0.2, 0.25) is 0 Å². The highest BCUT2D eigenvalue weighted by Crippen LogP contribution is 2.40.